The smallest absolute Gasteiger partial charge is 0.306 e. The lowest BCUT2D eigenvalue weighted by Gasteiger charge is -2.21. The van der Waals surface area contributed by atoms with Crippen molar-refractivity contribution in [1.82, 2.24) is 0 Å². The van der Waals surface area contributed by atoms with Gasteiger partial charge in [-0.15, -0.1) is 12.4 Å². The molecule has 0 aromatic carbocycles. The second kappa shape index (κ2) is 7.16. The van der Waals surface area contributed by atoms with E-state index < -0.39 is 0 Å². The lowest BCUT2D eigenvalue weighted by Crippen LogP contribution is -2.19. The molecule has 0 atom stereocenters. The summed E-state index contributed by atoms with van der Waals surface area (Å²) in [7, 11) is 0. The van der Waals surface area contributed by atoms with E-state index in [0.717, 1.165) is 12.8 Å². The Kier molecular flexibility index (Phi) is 6.18. The van der Waals surface area contributed by atoms with Crippen molar-refractivity contribution in [2.45, 2.75) is 70.3 Å². The minimum atomic E-state index is 0. The molecule has 0 heterocycles. The molecule has 0 amide bonds. The van der Waals surface area contributed by atoms with Crippen molar-refractivity contribution in [2.24, 2.45) is 5.92 Å². The van der Waals surface area contributed by atoms with Gasteiger partial charge < -0.3 is 4.74 Å². The topological polar surface area (TPSA) is 26.3 Å². The third-order valence-corrected chi connectivity index (χ3v) is 3.78. The van der Waals surface area contributed by atoms with Crippen molar-refractivity contribution >= 4 is 18.4 Å². The van der Waals surface area contributed by atoms with Crippen molar-refractivity contribution in [1.29, 1.82) is 0 Å². The van der Waals surface area contributed by atoms with E-state index in [2.05, 4.69) is 0 Å². The van der Waals surface area contributed by atoms with E-state index in [-0.39, 0.29) is 24.5 Å². The molecule has 0 aliphatic heterocycles. The van der Waals surface area contributed by atoms with Crippen LogP contribution in [-0.4, -0.2) is 12.1 Å². The van der Waals surface area contributed by atoms with Gasteiger partial charge in [0, 0.05) is 6.42 Å². The maximum Gasteiger partial charge on any atom is 0.306 e. The zero-order chi connectivity index (χ0) is 10.5. The number of carbonyl (C=O) groups is 1. The molecule has 0 aromatic rings. The highest BCUT2D eigenvalue weighted by atomic mass is 35.5. The number of hydrogen-bond acceptors (Lipinski definition) is 2. The van der Waals surface area contributed by atoms with Gasteiger partial charge in [-0.1, -0.05) is 19.3 Å². The molecule has 2 aliphatic carbocycles. The lowest BCUT2D eigenvalue weighted by molar-refractivity contribution is -0.150. The Morgan fingerprint density at radius 1 is 0.938 bits per heavy atom. The maximum atomic E-state index is 11.6. The van der Waals surface area contributed by atoms with Crippen LogP contribution in [0.3, 0.4) is 0 Å². The number of rotatable bonds is 3. The van der Waals surface area contributed by atoms with E-state index in [0.29, 0.717) is 12.3 Å². The molecule has 94 valence electrons. The third kappa shape index (κ3) is 4.32. The van der Waals surface area contributed by atoms with Crippen molar-refractivity contribution < 1.29 is 9.53 Å². The standard InChI is InChI=1S/C13H22O2.ClH/c14-13(15-12-8-4-5-9-12)10-11-6-2-1-3-7-11;/h11-12H,1-10H2;1H. The Balaban J connectivity index is 0.00000128. The summed E-state index contributed by atoms with van der Waals surface area (Å²) in [5.74, 6) is 0.682. The van der Waals surface area contributed by atoms with Gasteiger partial charge in [-0.2, -0.15) is 0 Å². The molecule has 0 bridgehead atoms. The fourth-order valence-corrected chi connectivity index (χ4v) is 2.87. The molecule has 0 unspecified atom stereocenters. The number of ether oxygens (including phenoxy) is 1. The summed E-state index contributed by atoms with van der Waals surface area (Å²) in [5, 5.41) is 0. The summed E-state index contributed by atoms with van der Waals surface area (Å²) in [5.41, 5.74) is 0. The summed E-state index contributed by atoms with van der Waals surface area (Å²) in [6, 6.07) is 0. The molecule has 2 fully saturated rings. The Labute approximate surface area is 105 Å². The molecule has 2 aliphatic rings. The molecule has 2 saturated carbocycles. The first kappa shape index (κ1) is 13.8. The highest BCUT2D eigenvalue weighted by molar-refractivity contribution is 5.85. The summed E-state index contributed by atoms with van der Waals surface area (Å²) in [6.45, 7) is 0. The largest absolute Gasteiger partial charge is 0.462 e. The second-order valence-corrected chi connectivity index (χ2v) is 5.10. The van der Waals surface area contributed by atoms with E-state index in [4.69, 9.17) is 4.74 Å². The summed E-state index contributed by atoms with van der Waals surface area (Å²) in [4.78, 5) is 11.6. The lowest BCUT2D eigenvalue weighted by atomic mass is 9.87. The van der Waals surface area contributed by atoms with Crippen LogP contribution in [0.1, 0.15) is 64.2 Å². The first-order valence-electron chi connectivity index (χ1n) is 6.54. The Hall–Kier alpha value is -0.240. The van der Waals surface area contributed by atoms with Gasteiger partial charge in [0.2, 0.25) is 0 Å². The average molecular weight is 247 g/mol. The van der Waals surface area contributed by atoms with Crippen molar-refractivity contribution in [3.05, 3.63) is 0 Å². The molecule has 0 spiro atoms. The van der Waals surface area contributed by atoms with Crippen molar-refractivity contribution in [3.63, 3.8) is 0 Å². The molecular formula is C13H23ClO2. The van der Waals surface area contributed by atoms with Gasteiger partial charge in [-0.05, 0) is 44.4 Å². The van der Waals surface area contributed by atoms with E-state index in [9.17, 15) is 4.79 Å². The first-order chi connectivity index (χ1) is 7.34. The van der Waals surface area contributed by atoms with Gasteiger partial charge >= 0.3 is 5.97 Å². The van der Waals surface area contributed by atoms with Crippen LogP contribution in [0.25, 0.3) is 0 Å². The Morgan fingerprint density at radius 3 is 2.12 bits per heavy atom. The van der Waals surface area contributed by atoms with Gasteiger partial charge in [0.05, 0.1) is 0 Å². The van der Waals surface area contributed by atoms with Crippen LogP contribution in [0.2, 0.25) is 0 Å². The number of carbonyl (C=O) groups excluding carboxylic acids is 1. The molecular weight excluding hydrogens is 224 g/mol. The van der Waals surface area contributed by atoms with E-state index in [1.165, 1.54) is 44.9 Å². The minimum absolute atomic E-state index is 0. The van der Waals surface area contributed by atoms with Crippen LogP contribution in [0.5, 0.6) is 0 Å². The second-order valence-electron chi connectivity index (χ2n) is 5.10. The van der Waals surface area contributed by atoms with Crippen molar-refractivity contribution in [2.75, 3.05) is 0 Å². The van der Waals surface area contributed by atoms with Crippen LogP contribution < -0.4 is 0 Å². The fourth-order valence-electron chi connectivity index (χ4n) is 2.87. The van der Waals surface area contributed by atoms with Gasteiger partial charge in [0.1, 0.15) is 6.10 Å². The van der Waals surface area contributed by atoms with E-state index >= 15 is 0 Å². The Bertz CT molecular complexity index is 206. The van der Waals surface area contributed by atoms with Crippen LogP contribution in [-0.2, 0) is 9.53 Å². The predicted molar refractivity (Wildman–Crippen MR) is 66.8 cm³/mol. The van der Waals surface area contributed by atoms with E-state index in [1.54, 1.807) is 0 Å². The number of halogens is 1. The van der Waals surface area contributed by atoms with Gasteiger partial charge in [0.15, 0.2) is 0 Å². The number of esters is 1. The highest BCUT2D eigenvalue weighted by Crippen LogP contribution is 2.28. The highest BCUT2D eigenvalue weighted by Gasteiger charge is 2.22. The Morgan fingerprint density at radius 2 is 1.50 bits per heavy atom. The quantitative estimate of drug-likeness (QED) is 0.707. The van der Waals surface area contributed by atoms with Crippen LogP contribution >= 0.6 is 12.4 Å². The summed E-state index contributed by atoms with van der Waals surface area (Å²) in [6.07, 6.45) is 12.0. The molecule has 0 N–H and O–H groups in total. The van der Waals surface area contributed by atoms with Gasteiger partial charge in [-0.3, -0.25) is 4.79 Å². The summed E-state index contributed by atoms with van der Waals surface area (Å²) < 4.78 is 5.48. The van der Waals surface area contributed by atoms with Crippen LogP contribution in [0.4, 0.5) is 0 Å². The monoisotopic (exact) mass is 246 g/mol. The van der Waals surface area contributed by atoms with Crippen molar-refractivity contribution in [3.8, 4) is 0 Å². The minimum Gasteiger partial charge on any atom is -0.462 e. The van der Waals surface area contributed by atoms with Crippen LogP contribution in [0.15, 0.2) is 0 Å². The first-order valence-corrected chi connectivity index (χ1v) is 6.54. The van der Waals surface area contributed by atoms with Gasteiger partial charge in [-0.25, -0.2) is 0 Å². The molecule has 0 aromatic heterocycles. The average Bonchev–Trinajstić information content (AvgIpc) is 2.71. The maximum absolute atomic E-state index is 11.6. The SMILES string of the molecule is Cl.O=C(CC1CCCCC1)OC1CCCC1. The molecule has 16 heavy (non-hydrogen) atoms. The van der Waals surface area contributed by atoms with Crippen LogP contribution in [0, 0.1) is 5.92 Å². The van der Waals surface area contributed by atoms with Gasteiger partial charge in [0.25, 0.3) is 0 Å². The third-order valence-electron chi connectivity index (χ3n) is 3.78. The summed E-state index contributed by atoms with van der Waals surface area (Å²) >= 11 is 0. The molecule has 0 radical (unpaired) electrons. The molecule has 3 heteroatoms. The normalized spacial score (nSPS) is 22.8. The molecule has 2 rings (SSSR count). The zero-order valence-electron chi connectivity index (χ0n) is 9.95. The molecule has 0 saturated heterocycles. The van der Waals surface area contributed by atoms with E-state index in [1.807, 2.05) is 0 Å². The zero-order valence-corrected chi connectivity index (χ0v) is 10.8. The molecule has 2 nitrogen and oxygen atoms in total. The number of hydrogen-bond donors (Lipinski definition) is 0. The predicted octanol–water partition coefficient (Wildman–Crippen LogP) is 3.86. The fraction of sp³-hybridized carbons (Fsp3) is 0.923.